The predicted molar refractivity (Wildman–Crippen MR) is 123 cm³/mol. The van der Waals surface area contributed by atoms with E-state index in [2.05, 4.69) is 11.1 Å². The number of aryl methyl sites for hydroxylation is 1. The van der Waals surface area contributed by atoms with Crippen LogP contribution in [0.15, 0.2) is 26.5 Å². The standard InChI is InChI=1S/C24H29NO9/c1-7-11-31-25-13(4)16-17(26)14-9-10-15(12(3)20(14)33-22(16)29)32-23-19(28)18(27)21(30-6)24(5,8-2)34-23/h1,9-10,18-19,21,23,26-28H,8,11H2,2-6H3/t18-,19+,21+,23+,24-/m0/s1. The molecule has 1 aromatic heterocycles. The second-order valence-electron chi connectivity index (χ2n) is 8.24. The normalized spacial score (nSPS) is 27.4. The van der Waals surface area contributed by atoms with Crippen LogP contribution in [0.4, 0.5) is 0 Å². The summed E-state index contributed by atoms with van der Waals surface area (Å²) in [5, 5.41) is 35.9. The molecule has 0 radical (unpaired) electrons. The smallest absolute Gasteiger partial charge is 0.349 e. The molecule has 0 saturated carbocycles. The number of aliphatic hydroxyl groups is 2. The fourth-order valence-electron chi connectivity index (χ4n) is 4.02. The van der Waals surface area contributed by atoms with E-state index in [4.69, 9.17) is 29.9 Å². The maximum Gasteiger partial charge on any atom is 0.349 e. The quantitative estimate of drug-likeness (QED) is 0.180. The van der Waals surface area contributed by atoms with Crippen LogP contribution in [0.1, 0.15) is 38.3 Å². The van der Waals surface area contributed by atoms with Crippen molar-refractivity contribution < 1.29 is 38.8 Å². The van der Waals surface area contributed by atoms with Crippen LogP contribution in [0.5, 0.6) is 11.5 Å². The molecule has 0 unspecified atom stereocenters. The Kier molecular flexibility index (Phi) is 7.53. The van der Waals surface area contributed by atoms with Gasteiger partial charge in [0, 0.05) is 12.7 Å². The number of fused-ring (bicyclic) bond motifs is 1. The number of rotatable bonds is 7. The number of methoxy groups -OCH3 is 1. The Morgan fingerprint density at radius 1 is 1.32 bits per heavy atom. The summed E-state index contributed by atoms with van der Waals surface area (Å²) in [6.07, 6.45) is 0.972. The van der Waals surface area contributed by atoms with Gasteiger partial charge in [-0.05, 0) is 39.3 Å². The minimum Gasteiger partial charge on any atom is -0.506 e. The van der Waals surface area contributed by atoms with E-state index in [1.54, 1.807) is 13.8 Å². The Balaban J connectivity index is 1.99. The van der Waals surface area contributed by atoms with Crippen molar-refractivity contribution in [3.05, 3.63) is 33.7 Å². The minimum atomic E-state index is -1.40. The highest BCUT2D eigenvalue weighted by Crippen LogP contribution is 2.38. The Hall–Kier alpha value is -3.10. The molecule has 0 aliphatic carbocycles. The van der Waals surface area contributed by atoms with Crippen molar-refractivity contribution in [1.29, 1.82) is 0 Å². The first-order valence-corrected chi connectivity index (χ1v) is 10.7. The van der Waals surface area contributed by atoms with Crippen LogP contribution in [0.3, 0.4) is 0 Å². The van der Waals surface area contributed by atoms with Crippen molar-refractivity contribution >= 4 is 16.7 Å². The number of nitrogens with zero attached hydrogens (tertiary/aromatic N) is 1. The van der Waals surface area contributed by atoms with Gasteiger partial charge in [-0.15, -0.1) is 6.42 Å². The van der Waals surface area contributed by atoms with Gasteiger partial charge in [-0.1, -0.05) is 18.0 Å². The maximum atomic E-state index is 12.6. The molecule has 0 bridgehead atoms. The van der Waals surface area contributed by atoms with Crippen molar-refractivity contribution in [2.45, 2.75) is 64.3 Å². The van der Waals surface area contributed by atoms with E-state index in [0.717, 1.165) is 0 Å². The summed E-state index contributed by atoms with van der Waals surface area (Å²) in [7, 11) is 1.43. The zero-order chi connectivity index (χ0) is 25.2. The number of ether oxygens (including phenoxy) is 3. The van der Waals surface area contributed by atoms with E-state index in [1.807, 2.05) is 6.92 Å². The fraction of sp³-hybridized carbons (Fsp3) is 0.500. The minimum absolute atomic E-state index is 0.0833. The molecule has 2 aromatic rings. The molecule has 1 saturated heterocycles. The van der Waals surface area contributed by atoms with E-state index in [9.17, 15) is 20.1 Å². The van der Waals surface area contributed by atoms with Crippen molar-refractivity contribution in [3.63, 3.8) is 0 Å². The molecule has 5 atom stereocenters. The highest BCUT2D eigenvalue weighted by Gasteiger charge is 2.52. The van der Waals surface area contributed by atoms with Gasteiger partial charge in [-0.2, -0.15) is 0 Å². The van der Waals surface area contributed by atoms with E-state index < -0.39 is 35.8 Å². The average Bonchev–Trinajstić information content (AvgIpc) is 2.80. The molecule has 184 valence electrons. The molecule has 3 N–H and O–H groups in total. The summed E-state index contributed by atoms with van der Waals surface area (Å²) < 4.78 is 22.7. The van der Waals surface area contributed by atoms with Crippen LogP contribution in [-0.2, 0) is 14.3 Å². The van der Waals surface area contributed by atoms with Gasteiger partial charge in [0.05, 0.1) is 16.7 Å². The maximum absolute atomic E-state index is 12.6. The van der Waals surface area contributed by atoms with Gasteiger partial charge in [-0.3, -0.25) is 0 Å². The van der Waals surface area contributed by atoms with Gasteiger partial charge in [0.25, 0.3) is 0 Å². The Morgan fingerprint density at radius 3 is 2.65 bits per heavy atom. The second-order valence-corrected chi connectivity index (χ2v) is 8.24. The number of aliphatic hydroxyl groups excluding tert-OH is 2. The second kappa shape index (κ2) is 10.0. The number of hydrogen-bond donors (Lipinski definition) is 3. The fourth-order valence-corrected chi connectivity index (χ4v) is 4.02. The van der Waals surface area contributed by atoms with E-state index >= 15 is 0 Å². The summed E-state index contributed by atoms with van der Waals surface area (Å²) >= 11 is 0. The first-order valence-electron chi connectivity index (χ1n) is 10.7. The van der Waals surface area contributed by atoms with Gasteiger partial charge in [0.15, 0.2) is 6.61 Å². The van der Waals surface area contributed by atoms with Crippen LogP contribution in [0.25, 0.3) is 11.0 Å². The van der Waals surface area contributed by atoms with Gasteiger partial charge in [0.1, 0.15) is 41.0 Å². The number of hydrogen-bond acceptors (Lipinski definition) is 10. The topological polar surface area (TPSA) is 140 Å². The molecule has 3 rings (SSSR count). The van der Waals surface area contributed by atoms with Crippen molar-refractivity contribution in [3.8, 4) is 23.8 Å². The monoisotopic (exact) mass is 475 g/mol. The highest BCUT2D eigenvalue weighted by atomic mass is 16.7. The van der Waals surface area contributed by atoms with Gasteiger partial charge >= 0.3 is 5.63 Å². The molecular weight excluding hydrogens is 446 g/mol. The Morgan fingerprint density at radius 2 is 2.03 bits per heavy atom. The Bertz CT molecular complexity index is 1180. The lowest BCUT2D eigenvalue weighted by atomic mass is 9.86. The van der Waals surface area contributed by atoms with Crippen LogP contribution >= 0.6 is 0 Å². The summed E-state index contributed by atoms with van der Waals surface area (Å²) in [6.45, 7) is 6.63. The molecule has 1 aliphatic heterocycles. The number of aromatic hydroxyl groups is 1. The Labute approximate surface area is 196 Å². The summed E-state index contributed by atoms with van der Waals surface area (Å²) in [5.41, 5.74) is -1.34. The third-order valence-electron chi connectivity index (χ3n) is 6.08. The largest absolute Gasteiger partial charge is 0.506 e. The van der Waals surface area contributed by atoms with Crippen LogP contribution < -0.4 is 10.4 Å². The first-order chi connectivity index (χ1) is 16.1. The predicted octanol–water partition coefficient (Wildman–Crippen LogP) is 1.82. The highest BCUT2D eigenvalue weighted by molar-refractivity contribution is 6.04. The van der Waals surface area contributed by atoms with Crippen molar-refractivity contribution in [1.82, 2.24) is 0 Å². The van der Waals surface area contributed by atoms with Crippen molar-refractivity contribution in [2.24, 2.45) is 5.16 Å². The van der Waals surface area contributed by atoms with E-state index in [1.165, 1.54) is 26.2 Å². The lowest BCUT2D eigenvalue weighted by Crippen LogP contribution is -2.64. The molecular formula is C24H29NO9. The lowest BCUT2D eigenvalue weighted by molar-refractivity contribution is -0.311. The summed E-state index contributed by atoms with van der Waals surface area (Å²) in [6, 6.07) is 3.04. The average molecular weight is 475 g/mol. The van der Waals surface area contributed by atoms with Gasteiger partial charge in [0.2, 0.25) is 6.29 Å². The number of oxime groups is 1. The molecule has 34 heavy (non-hydrogen) atoms. The molecule has 1 aromatic carbocycles. The molecule has 0 spiro atoms. The molecule has 1 aliphatic rings. The molecule has 10 heteroatoms. The van der Waals surface area contributed by atoms with Gasteiger partial charge in [-0.25, -0.2) is 4.79 Å². The molecule has 0 amide bonds. The van der Waals surface area contributed by atoms with Crippen LogP contribution in [-0.4, -0.2) is 65.0 Å². The van der Waals surface area contributed by atoms with Crippen molar-refractivity contribution in [2.75, 3.05) is 13.7 Å². The lowest BCUT2D eigenvalue weighted by Gasteiger charge is -2.47. The molecule has 1 fully saturated rings. The molecule has 2 heterocycles. The third kappa shape index (κ3) is 4.48. The number of benzene rings is 1. The zero-order valence-corrected chi connectivity index (χ0v) is 19.7. The third-order valence-corrected chi connectivity index (χ3v) is 6.08. The SMILES string of the molecule is C#CCON=C(C)c1c(O)c2ccc(O[C@@H]3O[C@@](C)(CC)[C@H](OC)[C@@H](O)[C@H]3O)c(C)c2oc1=O. The number of terminal acetylenes is 1. The zero-order valence-electron chi connectivity index (χ0n) is 19.7. The van der Waals surface area contributed by atoms with E-state index in [-0.39, 0.29) is 40.4 Å². The van der Waals surface area contributed by atoms with E-state index in [0.29, 0.717) is 12.0 Å². The summed E-state index contributed by atoms with van der Waals surface area (Å²) in [5.74, 6) is 2.14. The summed E-state index contributed by atoms with van der Waals surface area (Å²) in [4.78, 5) is 17.5. The van der Waals surface area contributed by atoms with Crippen LogP contribution in [0, 0.1) is 19.3 Å². The molecule has 10 nitrogen and oxygen atoms in total. The van der Waals surface area contributed by atoms with Crippen LogP contribution in [0.2, 0.25) is 0 Å². The van der Waals surface area contributed by atoms with Gasteiger partial charge < -0.3 is 38.8 Å². The first kappa shape index (κ1) is 25.5.